The van der Waals surface area contributed by atoms with Crippen molar-refractivity contribution in [3.05, 3.63) is 17.7 Å². The van der Waals surface area contributed by atoms with Crippen LogP contribution in [0.15, 0.2) is 12.1 Å². The molecular weight excluding hydrogens is 244 g/mol. The molecule has 0 aliphatic carbocycles. The van der Waals surface area contributed by atoms with Crippen molar-refractivity contribution in [2.45, 2.75) is 13.3 Å². The molecule has 1 aliphatic rings. The maximum Gasteiger partial charge on any atom is 0.241 e. The van der Waals surface area contributed by atoms with Crippen LogP contribution in [0.5, 0.6) is 0 Å². The molecule has 2 amide bonds. The lowest BCUT2D eigenvalue weighted by Crippen LogP contribution is -2.32. The van der Waals surface area contributed by atoms with Crippen molar-refractivity contribution in [3.63, 3.8) is 0 Å². The fourth-order valence-corrected chi connectivity index (χ4v) is 1.93. The van der Waals surface area contributed by atoms with Crippen LogP contribution in [0, 0.1) is 0 Å². The van der Waals surface area contributed by atoms with E-state index in [1.165, 1.54) is 0 Å². The first-order chi connectivity index (χ1) is 9.01. The topological polar surface area (TPSA) is 87.5 Å². The highest BCUT2D eigenvalue weighted by Crippen LogP contribution is 2.31. The lowest BCUT2D eigenvalue weighted by Gasteiger charge is -2.16. The summed E-state index contributed by atoms with van der Waals surface area (Å²) in [6.45, 7) is 2.76. The molecule has 6 nitrogen and oxygen atoms in total. The van der Waals surface area contributed by atoms with Crippen LogP contribution in [-0.2, 0) is 16.0 Å². The van der Waals surface area contributed by atoms with Crippen LogP contribution >= 0.6 is 0 Å². The van der Waals surface area contributed by atoms with Crippen LogP contribution in [-0.4, -0.2) is 36.9 Å². The van der Waals surface area contributed by atoms with Gasteiger partial charge in [-0.1, -0.05) is 0 Å². The van der Waals surface area contributed by atoms with E-state index < -0.39 is 0 Å². The molecule has 1 aromatic carbocycles. The number of anilines is 3. The monoisotopic (exact) mass is 262 g/mol. The fraction of sp³-hybridized carbons (Fsp3) is 0.385. The van der Waals surface area contributed by atoms with Crippen molar-refractivity contribution in [1.29, 1.82) is 0 Å². The SMILES string of the molecule is CCN(C)C(=O)CNc1cc2c(cc1N)CC(=O)N2. The molecule has 0 atom stereocenters. The Kier molecular flexibility index (Phi) is 3.59. The second-order valence-corrected chi connectivity index (χ2v) is 4.58. The summed E-state index contributed by atoms with van der Waals surface area (Å²) in [6.07, 6.45) is 0.358. The van der Waals surface area contributed by atoms with Gasteiger partial charge in [-0.25, -0.2) is 0 Å². The summed E-state index contributed by atoms with van der Waals surface area (Å²) < 4.78 is 0. The molecule has 4 N–H and O–H groups in total. The summed E-state index contributed by atoms with van der Waals surface area (Å²) in [5.41, 5.74) is 8.77. The third-order valence-corrected chi connectivity index (χ3v) is 3.23. The smallest absolute Gasteiger partial charge is 0.241 e. The van der Waals surface area contributed by atoms with Gasteiger partial charge in [0, 0.05) is 19.3 Å². The zero-order valence-electron chi connectivity index (χ0n) is 11.1. The average Bonchev–Trinajstić information content (AvgIpc) is 2.73. The molecule has 1 aromatic rings. The van der Waals surface area contributed by atoms with Crippen LogP contribution in [0.2, 0.25) is 0 Å². The van der Waals surface area contributed by atoms with E-state index in [-0.39, 0.29) is 18.4 Å². The van der Waals surface area contributed by atoms with Crippen molar-refractivity contribution in [2.24, 2.45) is 0 Å². The molecule has 102 valence electrons. The summed E-state index contributed by atoms with van der Waals surface area (Å²) in [5, 5.41) is 5.76. The first-order valence-electron chi connectivity index (χ1n) is 6.21. The predicted molar refractivity (Wildman–Crippen MR) is 75.0 cm³/mol. The van der Waals surface area contributed by atoms with Gasteiger partial charge in [-0.3, -0.25) is 9.59 Å². The molecular formula is C13H18N4O2. The van der Waals surface area contributed by atoms with Crippen molar-refractivity contribution in [3.8, 4) is 0 Å². The van der Waals surface area contributed by atoms with E-state index in [1.807, 2.05) is 6.92 Å². The maximum absolute atomic E-state index is 11.7. The Hall–Kier alpha value is -2.24. The molecule has 0 spiro atoms. The quantitative estimate of drug-likeness (QED) is 0.695. The first-order valence-corrected chi connectivity index (χ1v) is 6.21. The number of amides is 2. The summed E-state index contributed by atoms with van der Waals surface area (Å²) in [5.74, 6) is -0.0419. The number of fused-ring (bicyclic) bond motifs is 1. The van der Waals surface area contributed by atoms with Gasteiger partial charge in [0.1, 0.15) is 0 Å². The maximum atomic E-state index is 11.7. The Morgan fingerprint density at radius 2 is 2.26 bits per heavy atom. The number of carbonyl (C=O) groups is 2. The van der Waals surface area contributed by atoms with Gasteiger partial charge in [0.15, 0.2) is 0 Å². The Morgan fingerprint density at radius 1 is 1.53 bits per heavy atom. The van der Waals surface area contributed by atoms with Crippen LogP contribution in [0.3, 0.4) is 0 Å². The summed E-state index contributed by atoms with van der Waals surface area (Å²) in [7, 11) is 1.75. The Bertz CT molecular complexity index is 528. The van der Waals surface area contributed by atoms with Gasteiger partial charge in [0.05, 0.1) is 24.3 Å². The highest BCUT2D eigenvalue weighted by molar-refractivity contribution is 6.01. The van der Waals surface area contributed by atoms with Crippen molar-refractivity contribution < 1.29 is 9.59 Å². The number of hydrogen-bond acceptors (Lipinski definition) is 4. The van der Waals surface area contributed by atoms with Crippen molar-refractivity contribution in [2.75, 3.05) is 36.5 Å². The highest BCUT2D eigenvalue weighted by Gasteiger charge is 2.19. The number of nitrogens with zero attached hydrogens (tertiary/aromatic N) is 1. The minimum atomic E-state index is -0.0339. The van der Waals surface area contributed by atoms with Gasteiger partial charge in [-0.15, -0.1) is 0 Å². The number of likely N-dealkylation sites (N-methyl/N-ethyl adjacent to an activating group) is 1. The van der Waals surface area contributed by atoms with Crippen molar-refractivity contribution >= 4 is 28.9 Å². The molecule has 0 saturated heterocycles. The lowest BCUT2D eigenvalue weighted by molar-refractivity contribution is -0.127. The van der Waals surface area contributed by atoms with E-state index in [0.29, 0.717) is 24.3 Å². The second kappa shape index (κ2) is 5.17. The van der Waals surface area contributed by atoms with Gasteiger partial charge in [0.2, 0.25) is 11.8 Å². The molecule has 19 heavy (non-hydrogen) atoms. The number of nitrogen functional groups attached to an aromatic ring is 1. The van der Waals surface area contributed by atoms with Gasteiger partial charge < -0.3 is 21.3 Å². The summed E-state index contributed by atoms with van der Waals surface area (Å²) >= 11 is 0. The van der Waals surface area contributed by atoms with Gasteiger partial charge >= 0.3 is 0 Å². The minimum Gasteiger partial charge on any atom is -0.397 e. The zero-order valence-corrected chi connectivity index (χ0v) is 11.1. The Labute approximate surface area is 112 Å². The van der Waals surface area contributed by atoms with E-state index in [1.54, 1.807) is 24.1 Å². The largest absolute Gasteiger partial charge is 0.397 e. The van der Waals surface area contributed by atoms with Gasteiger partial charge in [-0.05, 0) is 24.6 Å². The minimum absolute atomic E-state index is 0.00793. The average molecular weight is 262 g/mol. The van der Waals surface area contributed by atoms with E-state index >= 15 is 0 Å². The van der Waals surface area contributed by atoms with Crippen LogP contribution in [0.4, 0.5) is 17.1 Å². The third-order valence-electron chi connectivity index (χ3n) is 3.23. The molecule has 0 saturated carbocycles. The number of rotatable bonds is 4. The van der Waals surface area contributed by atoms with E-state index in [2.05, 4.69) is 10.6 Å². The molecule has 0 radical (unpaired) electrons. The predicted octanol–water partition coefficient (Wildman–Crippen LogP) is 0.654. The molecule has 2 rings (SSSR count). The first kappa shape index (κ1) is 13.2. The molecule has 6 heteroatoms. The number of nitrogens with one attached hydrogen (secondary N) is 2. The normalized spacial score (nSPS) is 12.8. The number of hydrogen-bond donors (Lipinski definition) is 3. The standard InChI is InChI=1S/C13H18N4O2/c1-3-17(2)13(19)7-15-11-6-10-8(4-9(11)14)5-12(18)16-10/h4,6,15H,3,5,7,14H2,1-2H3,(H,16,18). The van der Waals surface area contributed by atoms with E-state index in [9.17, 15) is 9.59 Å². The summed E-state index contributed by atoms with van der Waals surface area (Å²) in [6, 6.07) is 3.54. The molecule has 1 aliphatic heterocycles. The molecule has 0 fully saturated rings. The number of nitrogens with two attached hydrogens (primary N) is 1. The summed E-state index contributed by atoms with van der Waals surface area (Å²) in [4.78, 5) is 24.6. The Balaban J connectivity index is 2.08. The van der Waals surface area contributed by atoms with E-state index in [4.69, 9.17) is 5.73 Å². The molecule has 0 unspecified atom stereocenters. The number of carbonyl (C=O) groups excluding carboxylic acids is 2. The lowest BCUT2D eigenvalue weighted by atomic mass is 10.1. The Morgan fingerprint density at radius 3 is 2.95 bits per heavy atom. The zero-order chi connectivity index (χ0) is 14.0. The molecule has 1 heterocycles. The van der Waals surface area contributed by atoms with Gasteiger partial charge in [0.25, 0.3) is 0 Å². The molecule has 0 bridgehead atoms. The van der Waals surface area contributed by atoms with Crippen molar-refractivity contribution in [1.82, 2.24) is 4.90 Å². The highest BCUT2D eigenvalue weighted by atomic mass is 16.2. The fourth-order valence-electron chi connectivity index (χ4n) is 1.93. The van der Waals surface area contributed by atoms with Crippen LogP contribution in [0.1, 0.15) is 12.5 Å². The van der Waals surface area contributed by atoms with Crippen LogP contribution < -0.4 is 16.4 Å². The van der Waals surface area contributed by atoms with E-state index in [0.717, 1.165) is 11.3 Å². The van der Waals surface area contributed by atoms with Crippen LogP contribution in [0.25, 0.3) is 0 Å². The van der Waals surface area contributed by atoms with Gasteiger partial charge in [-0.2, -0.15) is 0 Å². The number of benzene rings is 1. The second-order valence-electron chi connectivity index (χ2n) is 4.58. The third kappa shape index (κ3) is 2.78. The molecule has 0 aromatic heterocycles.